The van der Waals surface area contributed by atoms with Crippen molar-refractivity contribution in [2.75, 3.05) is 39.4 Å². The zero-order chi connectivity index (χ0) is 23.5. The van der Waals surface area contributed by atoms with Crippen molar-refractivity contribution in [3.63, 3.8) is 0 Å². The number of aryl methyl sites for hydroxylation is 1. The first-order chi connectivity index (χ1) is 16.5. The van der Waals surface area contributed by atoms with Crippen LogP contribution in [0.1, 0.15) is 35.8 Å². The maximum absolute atomic E-state index is 12.9. The fourth-order valence-corrected chi connectivity index (χ4v) is 7.14. The zero-order valence-electron chi connectivity index (χ0n) is 19.1. The third-order valence-corrected chi connectivity index (χ3v) is 9.70. The summed E-state index contributed by atoms with van der Waals surface area (Å²) in [5, 5.41) is 1.12. The first kappa shape index (κ1) is 23.4. The van der Waals surface area contributed by atoms with Crippen LogP contribution in [0.25, 0.3) is 10.2 Å². The van der Waals surface area contributed by atoms with Crippen LogP contribution in [-0.2, 0) is 26.0 Å². The van der Waals surface area contributed by atoms with Crippen molar-refractivity contribution in [1.29, 1.82) is 0 Å². The van der Waals surface area contributed by atoms with E-state index < -0.39 is 10.0 Å². The number of benzene rings is 2. The van der Waals surface area contributed by atoms with Gasteiger partial charge in [-0.1, -0.05) is 24.3 Å². The maximum atomic E-state index is 12.9. The summed E-state index contributed by atoms with van der Waals surface area (Å²) in [5.74, 6) is 0.440. The van der Waals surface area contributed by atoms with Crippen LogP contribution in [0, 0.1) is 0 Å². The number of carbonyl (C=O) groups excluding carboxylic acids is 1. The van der Waals surface area contributed by atoms with E-state index in [0.717, 1.165) is 42.0 Å². The third kappa shape index (κ3) is 5.02. The van der Waals surface area contributed by atoms with Crippen molar-refractivity contribution in [3.8, 4) is 0 Å². The van der Waals surface area contributed by atoms with Crippen LogP contribution in [0.5, 0.6) is 0 Å². The van der Waals surface area contributed by atoms with E-state index in [1.165, 1.54) is 9.01 Å². The molecule has 0 radical (unpaired) electrons. The van der Waals surface area contributed by atoms with Crippen molar-refractivity contribution in [1.82, 2.24) is 14.2 Å². The molecule has 180 valence electrons. The normalized spacial score (nSPS) is 20.0. The molecular formula is C25H29N3O4S2. The van der Waals surface area contributed by atoms with Crippen LogP contribution >= 0.6 is 11.3 Å². The quantitative estimate of drug-likeness (QED) is 0.517. The topological polar surface area (TPSA) is 79.8 Å². The standard InChI is InChI=1S/C25H29N3O4S2/c29-24(27-13-3-4-20(18-27)25-26-22-5-1-2-6-23(22)33-25)12-9-19-7-10-21(11-8-19)34(30,31)28-14-16-32-17-15-28/h1-2,5-8,10-11,20H,3-4,9,12-18H2. The average molecular weight is 500 g/mol. The highest BCUT2D eigenvalue weighted by atomic mass is 32.2. The van der Waals surface area contributed by atoms with Gasteiger partial charge >= 0.3 is 0 Å². The second-order valence-corrected chi connectivity index (χ2v) is 11.9. The Morgan fingerprint density at radius 2 is 1.82 bits per heavy atom. The Balaban J connectivity index is 1.17. The van der Waals surface area contributed by atoms with Crippen LogP contribution in [0.15, 0.2) is 53.4 Å². The smallest absolute Gasteiger partial charge is 0.243 e. The first-order valence-corrected chi connectivity index (χ1v) is 14.1. The van der Waals surface area contributed by atoms with E-state index in [1.807, 2.05) is 35.2 Å². The molecule has 2 aromatic carbocycles. The number of fused-ring (bicyclic) bond motifs is 1. The molecule has 0 spiro atoms. The molecule has 9 heteroatoms. The SMILES string of the molecule is O=C(CCc1ccc(S(=O)(=O)N2CCOCC2)cc1)N1CCCC(c2nc3ccccc3s2)C1. The molecule has 0 aliphatic carbocycles. The van der Waals surface area contributed by atoms with Crippen molar-refractivity contribution in [2.24, 2.45) is 0 Å². The maximum Gasteiger partial charge on any atom is 0.243 e. The van der Waals surface area contributed by atoms with Crippen LogP contribution in [0.2, 0.25) is 0 Å². The minimum Gasteiger partial charge on any atom is -0.379 e. The molecule has 2 aliphatic heterocycles. The van der Waals surface area contributed by atoms with Gasteiger partial charge in [0.2, 0.25) is 15.9 Å². The number of morpholine rings is 1. The van der Waals surface area contributed by atoms with Gasteiger partial charge in [0.25, 0.3) is 0 Å². The summed E-state index contributed by atoms with van der Waals surface area (Å²) in [6.07, 6.45) is 3.06. The molecule has 34 heavy (non-hydrogen) atoms. The number of sulfonamides is 1. The lowest BCUT2D eigenvalue weighted by molar-refractivity contribution is -0.132. The predicted octanol–water partition coefficient (Wildman–Crippen LogP) is 3.66. The summed E-state index contributed by atoms with van der Waals surface area (Å²) < 4.78 is 33.5. The average Bonchev–Trinajstić information content (AvgIpc) is 3.33. The Morgan fingerprint density at radius 3 is 2.59 bits per heavy atom. The van der Waals surface area contributed by atoms with E-state index in [-0.39, 0.29) is 5.91 Å². The molecule has 3 heterocycles. The molecule has 0 N–H and O–H groups in total. The van der Waals surface area contributed by atoms with Crippen molar-refractivity contribution < 1.29 is 17.9 Å². The molecule has 7 nitrogen and oxygen atoms in total. The van der Waals surface area contributed by atoms with Crippen LogP contribution in [0.3, 0.4) is 0 Å². The van der Waals surface area contributed by atoms with E-state index >= 15 is 0 Å². The molecule has 1 aromatic heterocycles. The van der Waals surface area contributed by atoms with Gasteiger partial charge in [0.05, 0.1) is 33.3 Å². The van der Waals surface area contributed by atoms with Crippen LogP contribution < -0.4 is 0 Å². The molecule has 0 bridgehead atoms. The zero-order valence-corrected chi connectivity index (χ0v) is 20.7. The molecule has 2 saturated heterocycles. The highest BCUT2D eigenvalue weighted by molar-refractivity contribution is 7.89. The highest BCUT2D eigenvalue weighted by Crippen LogP contribution is 2.33. The Labute approximate surface area is 204 Å². The molecule has 5 rings (SSSR count). The number of nitrogens with zero attached hydrogens (tertiary/aromatic N) is 3. The largest absolute Gasteiger partial charge is 0.379 e. The summed E-state index contributed by atoms with van der Waals surface area (Å²) in [6.45, 7) is 3.12. The number of para-hydroxylation sites is 1. The number of carbonyl (C=O) groups is 1. The number of piperidine rings is 1. The molecule has 1 unspecified atom stereocenters. The second kappa shape index (κ2) is 10.1. The summed E-state index contributed by atoms with van der Waals surface area (Å²) in [4.78, 5) is 20.0. The second-order valence-electron chi connectivity index (χ2n) is 8.86. The number of thiazole rings is 1. The van der Waals surface area contributed by atoms with Gasteiger partial charge in [0.1, 0.15) is 0 Å². The van der Waals surface area contributed by atoms with Crippen molar-refractivity contribution in [2.45, 2.75) is 36.5 Å². The molecule has 2 fully saturated rings. The van der Waals surface area contributed by atoms with Gasteiger partial charge < -0.3 is 9.64 Å². The van der Waals surface area contributed by atoms with Gasteiger partial charge in [-0.05, 0) is 49.1 Å². The van der Waals surface area contributed by atoms with Gasteiger partial charge in [-0.2, -0.15) is 4.31 Å². The van der Waals surface area contributed by atoms with E-state index in [2.05, 4.69) is 6.07 Å². The summed E-state index contributed by atoms with van der Waals surface area (Å²) in [7, 11) is -3.50. The van der Waals surface area contributed by atoms with Crippen LogP contribution in [-0.4, -0.2) is 67.9 Å². The number of amides is 1. The first-order valence-electron chi connectivity index (χ1n) is 11.8. The fourth-order valence-electron chi connectivity index (χ4n) is 4.64. The number of ether oxygens (including phenoxy) is 1. The number of rotatable bonds is 6. The lowest BCUT2D eigenvalue weighted by atomic mass is 9.98. The molecular weight excluding hydrogens is 470 g/mol. The summed E-state index contributed by atoms with van der Waals surface area (Å²) >= 11 is 1.73. The van der Waals surface area contributed by atoms with E-state index in [9.17, 15) is 13.2 Å². The minimum absolute atomic E-state index is 0.149. The molecule has 0 saturated carbocycles. The third-order valence-electron chi connectivity index (χ3n) is 6.59. The Morgan fingerprint density at radius 1 is 1.06 bits per heavy atom. The van der Waals surface area contributed by atoms with Gasteiger partial charge in [-0.25, -0.2) is 13.4 Å². The monoisotopic (exact) mass is 499 g/mol. The van der Waals surface area contributed by atoms with Gasteiger partial charge in [-0.3, -0.25) is 4.79 Å². The van der Waals surface area contributed by atoms with E-state index in [1.54, 1.807) is 23.5 Å². The number of likely N-dealkylation sites (tertiary alicyclic amines) is 1. The predicted molar refractivity (Wildman–Crippen MR) is 133 cm³/mol. The lowest BCUT2D eigenvalue weighted by Gasteiger charge is -2.32. The van der Waals surface area contributed by atoms with Crippen LogP contribution in [0.4, 0.5) is 0 Å². The van der Waals surface area contributed by atoms with Gasteiger partial charge in [-0.15, -0.1) is 11.3 Å². The van der Waals surface area contributed by atoms with Crippen molar-refractivity contribution >= 4 is 37.5 Å². The number of hydrogen-bond donors (Lipinski definition) is 0. The molecule has 3 aromatic rings. The lowest BCUT2D eigenvalue weighted by Crippen LogP contribution is -2.40. The van der Waals surface area contributed by atoms with Gasteiger partial charge in [0, 0.05) is 38.5 Å². The van der Waals surface area contributed by atoms with Crippen molar-refractivity contribution in [3.05, 3.63) is 59.1 Å². The Bertz CT molecular complexity index is 1220. The number of aromatic nitrogens is 1. The summed E-state index contributed by atoms with van der Waals surface area (Å²) in [5.41, 5.74) is 2.00. The molecule has 2 aliphatic rings. The number of hydrogen-bond acceptors (Lipinski definition) is 6. The Kier molecular flexibility index (Phi) is 6.96. The Hall–Kier alpha value is -2.33. The van der Waals surface area contributed by atoms with E-state index in [0.29, 0.717) is 50.0 Å². The fraction of sp³-hybridized carbons (Fsp3) is 0.440. The minimum atomic E-state index is -3.50. The molecule has 1 atom stereocenters. The summed E-state index contributed by atoms with van der Waals surface area (Å²) in [6, 6.07) is 15.1. The van der Waals surface area contributed by atoms with E-state index in [4.69, 9.17) is 9.72 Å². The highest BCUT2D eigenvalue weighted by Gasteiger charge is 2.28. The molecule has 1 amide bonds. The van der Waals surface area contributed by atoms with Gasteiger partial charge in [0.15, 0.2) is 0 Å².